The van der Waals surface area contributed by atoms with E-state index >= 15 is 0 Å². The first kappa shape index (κ1) is 14.1. The molecule has 4 N–H and O–H groups in total. The minimum atomic E-state index is -1.36. The molecule has 0 saturated heterocycles. The van der Waals surface area contributed by atoms with E-state index in [0.29, 0.717) is 0 Å². The van der Waals surface area contributed by atoms with Crippen LogP contribution in [0.15, 0.2) is 18.2 Å². The quantitative estimate of drug-likeness (QED) is 0.693. The molecule has 6 heteroatoms. The number of benzene rings is 1. The molecule has 96 valence electrons. The third-order valence-electron chi connectivity index (χ3n) is 2.46. The Labute approximate surface area is 103 Å². The molecule has 0 bridgehead atoms. The maximum absolute atomic E-state index is 13.3. The highest BCUT2D eigenvalue weighted by atomic mass is 19.1. The summed E-state index contributed by atoms with van der Waals surface area (Å²) in [5, 5.41) is 27.8. The van der Waals surface area contributed by atoms with Crippen molar-refractivity contribution in [2.24, 2.45) is 5.73 Å². The van der Waals surface area contributed by atoms with Crippen LogP contribution >= 0.6 is 0 Å². The molecule has 0 aliphatic carbocycles. The van der Waals surface area contributed by atoms with Crippen LogP contribution in [0.5, 0.6) is 0 Å². The van der Waals surface area contributed by atoms with Gasteiger partial charge in [0, 0.05) is 5.56 Å². The lowest BCUT2D eigenvalue weighted by Gasteiger charge is -2.17. The van der Waals surface area contributed by atoms with Crippen molar-refractivity contribution in [2.45, 2.75) is 25.0 Å². The van der Waals surface area contributed by atoms with Crippen LogP contribution in [0.1, 0.15) is 23.7 Å². The number of primary amides is 1. The highest BCUT2D eigenvalue weighted by molar-refractivity contribution is 5.74. The van der Waals surface area contributed by atoms with Crippen LogP contribution in [-0.4, -0.2) is 22.2 Å². The van der Waals surface area contributed by atoms with E-state index in [0.717, 1.165) is 6.07 Å². The standard InChI is InChI=1S/C12H13FN2O3/c13-9-2-1-8(5-7(9)3-4-14)12(18)10(16)6-11(15)17/h1-2,5,10,12,16,18H,3,6H2,(H2,15,17). The van der Waals surface area contributed by atoms with E-state index in [4.69, 9.17) is 11.0 Å². The van der Waals surface area contributed by atoms with Gasteiger partial charge in [0.05, 0.1) is 25.0 Å². The third kappa shape index (κ3) is 3.52. The van der Waals surface area contributed by atoms with Gasteiger partial charge in [-0.15, -0.1) is 0 Å². The predicted molar refractivity (Wildman–Crippen MR) is 60.5 cm³/mol. The number of halogens is 1. The SMILES string of the molecule is N#CCc1cc(C(O)C(O)CC(N)=O)ccc1F. The van der Waals surface area contributed by atoms with Crippen molar-refractivity contribution in [2.75, 3.05) is 0 Å². The minimum absolute atomic E-state index is 0.125. The first-order valence-corrected chi connectivity index (χ1v) is 5.25. The number of nitrogens with zero attached hydrogens (tertiary/aromatic N) is 1. The van der Waals surface area contributed by atoms with E-state index in [1.807, 2.05) is 0 Å². The normalized spacial score (nSPS) is 13.7. The molecule has 1 rings (SSSR count). The summed E-state index contributed by atoms with van der Waals surface area (Å²) in [4.78, 5) is 10.6. The fourth-order valence-corrected chi connectivity index (χ4v) is 1.54. The Balaban J connectivity index is 2.92. The van der Waals surface area contributed by atoms with E-state index in [-0.39, 0.29) is 17.5 Å². The molecule has 2 unspecified atom stereocenters. The molecule has 0 radical (unpaired) electrons. The van der Waals surface area contributed by atoms with Gasteiger partial charge in [-0.25, -0.2) is 4.39 Å². The van der Waals surface area contributed by atoms with Gasteiger partial charge in [-0.3, -0.25) is 4.79 Å². The topological polar surface area (TPSA) is 107 Å². The largest absolute Gasteiger partial charge is 0.390 e. The Bertz CT molecular complexity index is 485. The van der Waals surface area contributed by atoms with E-state index in [2.05, 4.69) is 0 Å². The smallest absolute Gasteiger partial charge is 0.220 e. The van der Waals surface area contributed by atoms with E-state index < -0.39 is 30.4 Å². The highest BCUT2D eigenvalue weighted by Crippen LogP contribution is 2.21. The lowest BCUT2D eigenvalue weighted by molar-refractivity contribution is -0.121. The minimum Gasteiger partial charge on any atom is -0.390 e. The first-order chi connectivity index (χ1) is 8.45. The van der Waals surface area contributed by atoms with Crippen molar-refractivity contribution in [1.82, 2.24) is 0 Å². The van der Waals surface area contributed by atoms with Crippen LogP contribution in [0.3, 0.4) is 0 Å². The summed E-state index contributed by atoms with van der Waals surface area (Å²) in [7, 11) is 0. The molecule has 18 heavy (non-hydrogen) atoms. The van der Waals surface area contributed by atoms with Crippen LogP contribution in [0.2, 0.25) is 0 Å². The summed E-state index contributed by atoms with van der Waals surface area (Å²) < 4.78 is 13.3. The Morgan fingerprint density at radius 2 is 2.17 bits per heavy atom. The second-order valence-electron chi connectivity index (χ2n) is 3.87. The average Bonchev–Trinajstić information content (AvgIpc) is 2.30. The number of carbonyl (C=O) groups is 1. The molecule has 0 aliphatic rings. The molecule has 0 aromatic heterocycles. The second kappa shape index (κ2) is 6.10. The zero-order valence-corrected chi connectivity index (χ0v) is 9.51. The number of nitrogens with two attached hydrogens (primary N) is 1. The van der Waals surface area contributed by atoms with Gasteiger partial charge in [0.25, 0.3) is 0 Å². The fraction of sp³-hybridized carbons (Fsp3) is 0.333. The van der Waals surface area contributed by atoms with Crippen molar-refractivity contribution >= 4 is 5.91 Å². The Kier molecular flexibility index (Phi) is 4.77. The zero-order chi connectivity index (χ0) is 13.7. The highest BCUT2D eigenvalue weighted by Gasteiger charge is 2.21. The van der Waals surface area contributed by atoms with Gasteiger partial charge < -0.3 is 15.9 Å². The van der Waals surface area contributed by atoms with Crippen molar-refractivity contribution < 1.29 is 19.4 Å². The lowest BCUT2D eigenvalue weighted by atomic mass is 9.99. The molecule has 1 aromatic carbocycles. The number of aliphatic hydroxyl groups is 2. The van der Waals surface area contributed by atoms with Crippen LogP contribution < -0.4 is 5.73 Å². The lowest BCUT2D eigenvalue weighted by Crippen LogP contribution is -2.25. The van der Waals surface area contributed by atoms with Crippen LogP contribution in [0.4, 0.5) is 4.39 Å². The molecule has 0 saturated carbocycles. The molecule has 1 aromatic rings. The fourth-order valence-electron chi connectivity index (χ4n) is 1.54. The number of nitriles is 1. The molecular weight excluding hydrogens is 239 g/mol. The number of amides is 1. The molecule has 0 fully saturated rings. The maximum atomic E-state index is 13.3. The predicted octanol–water partition coefficient (Wildman–Crippen LogP) is 0.161. The van der Waals surface area contributed by atoms with E-state index in [9.17, 15) is 19.4 Å². The van der Waals surface area contributed by atoms with Gasteiger partial charge in [-0.05, 0) is 17.7 Å². The summed E-state index contributed by atoms with van der Waals surface area (Å²) >= 11 is 0. The third-order valence-corrected chi connectivity index (χ3v) is 2.46. The van der Waals surface area contributed by atoms with Gasteiger partial charge in [0.1, 0.15) is 11.9 Å². The van der Waals surface area contributed by atoms with Crippen LogP contribution in [0, 0.1) is 17.1 Å². The Morgan fingerprint density at radius 1 is 1.50 bits per heavy atom. The van der Waals surface area contributed by atoms with Gasteiger partial charge >= 0.3 is 0 Å². The number of carbonyl (C=O) groups excluding carboxylic acids is 1. The van der Waals surface area contributed by atoms with Crippen molar-refractivity contribution in [3.63, 3.8) is 0 Å². The summed E-state index contributed by atoms with van der Waals surface area (Å²) in [5.41, 5.74) is 5.26. The van der Waals surface area contributed by atoms with Crippen LogP contribution in [-0.2, 0) is 11.2 Å². The molecule has 0 heterocycles. The first-order valence-electron chi connectivity index (χ1n) is 5.25. The van der Waals surface area contributed by atoms with Crippen molar-refractivity contribution in [3.05, 3.63) is 35.1 Å². The Morgan fingerprint density at radius 3 is 2.72 bits per heavy atom. The summed E-state index contributed by atoms with van der Waals surface area (Å²) in [6.07, 6.45) is -3.25. The molecule has 0 spiro atoms. The monoisotopic (exact) mass is 252 g/mol. The van der Waals surface area contributed by atoms with Gasteiger partial charge in [-0.1, -0.05) is 6.07 Å². The maximum Gasteiger partial charge on any atom is 0.220 e. The van der Waals surface area contributed by atoms with E-state index in [1.165, 1.54) is 12.1 Å². The summed E-state index contributed by atoms with van der Waals surface area (Å²) in [6.45, 7) is 0. The second-order valence-corrected chi connectivity index (χ2v) is 3.87. The number of hydrogen-bond acceptors (Lipinski definition) is 4. The molecule has 1 amide bonds. The van der Waals surface area contributed by atoms with Crippen molar-refractivity contribution in [3.8, 4) is 6.07 Å². The number of aliphatic hydroxyl groups excluding tert-OH is 2. The van der Waals surface area contributed by atoms with Gasteiger partial charge in [0.15, 0.2) is 0 Å². The van der Waals surface area contributed by atoms with Gasteiger partial charge in [-0.2, -0.15) is 5.26 Å². The summed E-state index contributed by atoms with van der Waals surface area (Å²) in [5.74, 6) is -1.31. The molecular formula is C12H13FN2O3. The molecule has 2 atom stereocenters. The Hall–Kier alpha value is -1.97. The van der Waals surface area contributed by atoms with Crippen LogP contribution in [0.25, 0.3) is 0 Å². The zero-order valence-electron chi connectivity index (χ0n) is 9.51. The van der Waals surface area contributed by atoms with Crippen molar-refractivity contribution in [1.29, 1.82) is 5.26 Å². The molecule has 0 aliphatic heterocycles. The average molecular weight is 252 g/mol. The number of rotatable bonds is 5. The molecule has 5 nitrogen and oxygen atoms in total. The number of hydrogen-bond donors (Lipinski definition) is 3. The summed E-state index contributed by atoms with van der Waals surface area (Å²) in [6, 6.07) is 5.46. The van der Waals surface area contributed by atoms with Gasteiger partial charge in [0.2, 0.25) is 5.91 Å². The van der Waals surface area contributed by atoms with E-state index in [1.54, 1.807) is 6.07 Å².